The summed E-state index contributed by atoms with van der Waals surface area (Å²) in [6.45, 7) is 4.86. The maximum absolute atomic E-state index is 13.5. The second kappa shape index (κ2) is 10.2. The molecule has 1 aliphatic heterocycles. The third kappa shape index (κ3) is 4.48. The lowest BCUT2D eigenvalue weighted by molar-refractivity contribution is -0.127. The van der Waals surface area contributed by atoms with Gasteiger partial charge in [0, 0.05) is 39.0 Å². The number of nitrogens with one attached hydrogen (secondary N) is 1. The van der Waals surface area contributed by atoms with Gasteiger partial charge in [-0.3, -0.25) is 9.59 Å². The molecule has 3 rings (SSSR count). The van der Waals surface area contributed by atoms with Crippen LogP contribution in [0.5, 0.6) is 0 Å². The van der Waals surface area contributed by atoms with Crippen LogP contribution >= 0.6 is 0 Å². The summed E-state index contributed by atoms with van der Waals surface area (Å²) in [5, 5.41) is 3.13. The van der Waals surface area contributed by atoms with Crippen LogP contribution < -0.4 is 5.32 Å². The van der Waals surface area contributed by atoms with Crippen LogP contribution in [0.1, 0.15) is 67.3 Å². The molecule has 1 saturated carbocycles. The number of carbonyl (C=O) groups is 2. The molecule has 1 aromatic rings. The highest BCUT2D eigenvalue weighted by Gasteiger charge is 2.54. The van der Waals surface area contributed by atoms with E-state index in [-0.39, 0.29) is 17.7 Å². The van der Waals surface area contributed by atoms with Crippen LogP contribution in [-0.4, -0.2) is 62.3 Å². The normalized spacial score (nSPS) is 20.6. The van der Waals surface area contributed by atoms with Crippen molar-refractivity contribution in [2.24, 2.45) is 0 Å². The number of rotatable bonds is 9. The van der Waals surface area contributed by atoms with Crippen molar-refractivity contribution in [1.29, 1.82) is 0 Å². The smallest absolute Gasteiger partial charge is 0.254 e. The van der Waals surface area contributed by atoms with E-state index >= 15 is 0 Å². The Morgan fingerprint density at radius 1 is 1.21 bits per heavy atom. The van der Waals surface area contributed by atoms with Crippen molar-refractivity contribution in [2.75, 3.05) is 40.0 Å². The Morgan fingerprint density at radius 3 is 2.69 bits per heavy atom. The third-order valence-electron chi connectivity index (χ3n) is 6.29. The van der Waals surface area contributed by atoms with Crippen molar-refractivity contribution in [3.8, 4) is 0 Å². The predicted octanol–water partition coefficient (Wildman–Crippen LogP) is 3.12. The van der Waals surface area contributed by atoms with E-state index in [0.717, 1.165) is 44.1 Å². The quantitative estimate of drug-likeness (QED) is 0.645. The Bertz CT molecular complexity index is 700. The molecular formula is C23H34N2O4. The summed E-state index contributed by atoms with van der Waals surface area (Å²) < 4.78 is 10.7. The Labute approximate surface area is 173 Å². The van der Waals surface area contributed by atoms with Crippen LogP contribution in [-0.2, 0) is 14.3 Å². The number of hydrogen-bond acceptors (Lipinski definition) is 4. The van der Waals surface area contributed by atoms with Crippen LogP contribution in [0.25, 0.3) is 0 Å². The zero-order chi connectivity index (χ0) is 20.7. The first-order valence-electron chi connectivity index (χ1n) is 10.9. The molecule has 6 heteroatoms. The van der Waals surface area contributed by atoms with E-state index in [4.69, 9.17) is 9.47 Å². The van der Waals surface area contributed by atoms with Gasteiger partial charge in [-0.05, 0) is 37.8 Å². The van der Waals surface area contributed by atoms with E-state index in [0.29, 0.717) is 38.5 Å². The minimum Gasteiger partial charge on any atom is -0.383 e. The van der Waals surface area contributed by atoms with Gasteiger partial charge in [-0.2, -0.15) is 0 Å². The van der Waals surface area contributed by atoms with Gasteiger partial charge in [0.05, 0.1) is 18.1 Å². The summed E-state index contributed by atoms with van der Waals surface area (Å²) >= 11 is 0. The fourth-order valence-corrected chi connectivity index (χ4v) is 4.98. The fraction of sp³-hybridized carbons (Fsp3) is 0.652. The first-order chi connectivity index (χ1) is 14.2. The van der Waals surface area contributed by atoms with Crippen LogP contribution in [0.4, 0.5) is 0 Å². The first-order valence-corrected chi connectivity index (χ1v) is 10.9. The van der Waals surface area contributed by atoms with Gasteiger partial charge < -0.3 is 19.7 Å². The summed E-state index contributed by atoms with van der Waals surface area (Å²) in [7, 11) is 1.65. The molecule has 2 amide bonds. The van der Waals surface area contributed by atoms with E-state index in [2.05, 4.69) is 5.32 Å². The molecule has 1 N–H and O–H groups in total. The lowest BCUT2D eigenvalue weighted by atomic mass is 9.65. The average molecular weight is 403 g/mol. The molecule has 1 unspecified atom stereocenters. The molecule has 2 aliphatic rings. The van der Waals surface area contributed by atoms with E-state index in [1.807, 2.05) is 36.1 Å². The standard InChI is InChI=1S/C23H34N2O4/c1-3-29-16-9-14-24-21(26)20-18-10-5-6-11-19(18)22(27)25(15-17-28-2)23(20)12-7-4-8-13-23/h5-6,10-11,20H,3-4,7-9,12-17H2,1-2H3,(H,24,26). The van der Waals surface area contributed by atoms with Crippen molar-refractivity contribution >= 4 is 11.8 Å². The fourth-order valence-electron chi connectivity index (χ4n) is 4.98. The highest BCUT2D eigenvalue weighted by atomic mass is 16.5. The molecule has 0 saturated heterocycles. The van der Waals surface area contributed by atoms with Gasteiger partial charge >= 0.3 is 0 Å². The van der Waals surface area contributed by atoms with Crippen molar-refractivity contribution in [2.45, 2.75) is 56.9 Å². The maximum atomic E-state index is 13.5. The summed E-state index contributed by atoms with van der Waals surface area (Å²) in [4.78, 5) is 28.8. The molecule has 1 spiro atoms. The van der Waals surface area contributed by atoms with E-state index in [1.54, 1.807) is 7.11 Å². The summed E-state index contributed by atoms with van der Waals surface area (Å²) in [5.74, 6) is -0.300. The average Bonchev–Trinajstić information content (AvgIpc) is 2.74. The molecule has 29 heavy (non-hydrogen) atoms. The zero-order valence-electron chi connectivity index (χ0n) is 17.7. The van der Waals surface area contributed by atoms with E-state index in [1.165, 1.54) is 0 Å². The third-order valence-corrected chi connectivity index (χ3v) is 6.29. The van der Waals surface area contributed by atoms with Gasteiger partial charge in [0.25, 0.3) is 5.91 Å². The zero-order valence-corrected chi connectivity index (χ0v) is 17.7. The van der Waals surface area contributed by atoms with Crippen molar-refractivity contribution in [3.63, 3.8) is 0 Å². The molecule has 160 valence electrons. The number of fused-ring (bicyclic) bond motifs is 1. The number of hydrogen-bond donors (Lipinski definition) is 1. The molecule has 0 bridgehead atoms. The van der Waals surface area contributed by atoms with Crippen LogP contribution in [0.15, 0.2) is 24.3 Å². The van der Waals surface area contributed by atoms with Gasteiger partial charge in [0.1, 0.15) is 0 Å². The van der Waals surface area contributed by atoms with Crippen molar-refractivity contribution < 1.29 is 19.1 Å². The number of ether oxygens (including phenoxy) is 2. The van der Waals surface area contributed by atoms with E-state index in [9.17, 15) is 9.59 Å². The number of amides is 2. The maximum Gasteiger partial charge on any atom is 0.254 e. The van der Waals surface area contributed by atoms with Crippen LogP contribution in [0.2, 0.25) is 0 Å². The molecular weight excluding hydrogens is 368 g/mol. The molecule has 0 aromatic heterocycles. The largest absolute Gasteiger partial charge is 0.383 e. The molecule has 0 radical (unpaired) electrons. The molecule has 6 nitrogen and oxygen atoms in total. The van der Waals surface area contributed by atoms with Gasteiger partial charge in [-0.15, -0.1) is 0 Å². The Morgan fingerprint density at radius 2 is 1.97 bits per heavy atom. The molecule has 1 atom stereocenters. The second-order valence-electron chi connectivity index (χ2n) is 7.98. The number of nitrogens with zero attached hydrogens (tertiary/aromatic N) is 1. The summed E-state index contributed by atoms with van der Waals surface area (Å²) in [6, 6.07) is 7.62. The first kappa shape index (κ1) is 21.8. The monoisotopic (exact) mass is 402 g/mol. The van der Waals surface area contributed by atoms with Gasteiger partial charge in [0.2, 0.25) is 5.91 Å². The van der Waals surface area contributed by atoms with Gasteiger partial charge in [0.15, 0.2) is 0 Å². The van der Waals surface area contributed by atoms with Crippen molar-refractivity contribution in [1.82, 2.24) is 10.2 Å². The number of benzene rings is 1. The minimum atomic E-state index is -0.466. The summed E-state index contributed by atoms with van der Waals surface area (Å²) in [5.41, 5.74) is 1.05. The Hall–Kier alpha value is -1.92. The molecule has 1 heterocycles. The van der Waals surface area contributed by atoms with E-state index < -0.39 is 5.54 Å². The molecule has 1 aliphatic carbocycles. The topological polar surface area (TPSA) is 67.9 Å². The predicted molar refractivity (Wildman–Crippen MR) is 112 cm³/mol. The SMILES string of the molecule is CCOCCCNC(=O)C1c2ccccc2C(=O)N(CCOC)C12CCCCC2. The highest BCUT2D eigenvalue weighted by molar-refractivity contribution is 6.02. The summed E-state index contributed by atoms with van der Waals surface area (Å²) in [6.07, 6.45) is 5.72. The highest BCUT2D eigenvalue weighted by Crippen LogP contribution is 2.49. The second-order valence-corrected chi connectivity index (χ2v) is 7.98. The van der Waals surface area contributed by atoms with Gasteiger partial charge in [-0.25, -0.2) is 0 Å². The lowest BCUT2D eigenvalue weighted by Crippen LogP contribution is -2.63. The lowest BCUT2D eigenvalue weighted by Gasteiger charge is -2.53. The minimum absolute atomic E-state index is 0.0192. The number of carbonyl (C=O) groups excluding carboxylic acids is 2. The van der Waals surface area contributed by atoms with Crippen LogP contribution in [0.3, 0.4) is 0 Å². The van der Waals surface area contributed by atoms with Crippen LogP contribution in [0, 0.1) is 0 Å². The van der Waals surface area contributed by atoms with Gasteiger partial charge in [-0.1, -0.05) is 37.5 Å². The molecule has 1 aromatic carbocycles. The molecule has 1 fully saturated rings. The Balaban J connectivity index is 1.93. The van der Waals surface area contributed by atoms with Crippen molar-refractivity contribution in [3.05, 3.63) is 35.4 Å². The number of methoxy groups -OCH3 is 1. The Kier molecular flexibility index (Phi) is 7.67.